The summed E-state index contributed by atoms with van der Waals surface area (Å²) in [7, 11) is 0. The lowest BCUT2D eigenvalue weighted by Gasteiger charge is -2.10. The molecular formula is C38H36N2. The van der Waals surface area contributed by atoms with E-state index in [0.717, 1.165) is 12.8 Å². The van der Waals surface area contributed by atoms with Crippen molar-refractivity contribution in [2.24, 2.45) is 0 Å². The van der Waals surface area contributed by atoms with Crippen LogP contribution in [0.25, 0.3) is 55.0 Å². The zero-order valence-corrected chi connectivity index (χ0v) is 23.5. The van der Waals surface area contributed by atoms with Crippen molar-refractivity contribution < 1.29 is 0 Å². The Kier molecular flexibility index (Phi) is 6.40. The van der Waals surface area contributed by atoms with E-state index in [1.54, 1.807) is 0 Å². The standard InChI is InChI=1S/C38H36N2/c1-3-5-11-27-17-21-29(22-18-27)39-35-15-9-7-13-31(35)33-26-38-34(25-37(33)39)32-14-8-10-16-36(32)40(38)30-23-19-28(20-24-30)12-6-4-2/h7-10,13-26H,3-6,11-12H2,1-2H3. The summed E-state index contributed by atoms with van der Waals surface area (Å²) in [6, 6.07) is 40.9. The molecule has 0 saturated carbocycles. The summed E-state index contributed by atoms with van der Waals surface area (Å²) >= 11 is 0. The SMILES string of the molecule is CCCCc1ccc(-n2c3ccccc3c3cc4c(cc32)c2ccccc2n4-c2ccc(CCCC)cc2)cc1. The maximum absolute atomic E-state index is 2.45. The van der Waals surface area contributed by atoms with Gasteiger partial charge in [-0.25, -0.2) is 0 Å². The van der Waals surface area contributed by atoms with Crippen molar-refractivity contribution in [2.45, 2.75) is 52.4 Å². The Morgan fingerprint density at radius 2 is 0.825 bits per heavy atom. The highest BCUT2D eigenvalue weighted by Gasteiger charge is 2.18. The molecule has 2 heterocycles. The average Bonchev–Trinajstić information content (AvgIpc) is 3.50. The Balaban J connectivity index is 1.47. The number of aryl methyl sites for hydroxylation is 2. The number of para-hydroxylation sites is 2. The number of rotatable bonds is 8. The highest BCUT2D eigenvalue weighted by molar-refractivity contribution is 6.19. The van der Waals surface area contributed by atoms with Crippen molar-refractivity contribution in [3.63, 3.8) is 0 Å². The summed E-state index contributed by atoms with van der Waals surface area (Å²) in [5, 5.41) is 5.17. The van der Waals surface area contributed by atoms with Crippen LogP contribution in [0.5, 0.6) is 0 Å². The van der Waals surface area contributed by atoms with E-state index < -0.39 is 0 Å². The van der Waals surface area contributed by atoms with Crippen molar-refractivity contribution in [2.75, 3.05) is 0 Å². The number of hydrogen-bond acceptors (Lipinski definition) is 0. The zero-order valence-electron chi connectivity index (χ0n) is 23.5. The fourth-order valence-corrected chi connectivity index (χ4v) is 6.37. The smallest absolute Gasteiger partial charge is 0.0548 e. The predicted molar refractivity (Wildman–Crippen MR) is 172 cm³/mol. The summed E-state index contributed by atoms with van der Waals surface area (Å²) in [5.41, 5.74) is 10.3. The molecular weight excluding hydrogens is 484 g/mol. The Labute approximate surface area is 236 Å². The van der Waals surface area contributed by atoms with E-state index in [2.05, 4.69) is 132 Å². The Hall–Kier alpha value is -4.30. The van der Waals surface area contributed by atoms with Crippen LogP contribution in [0.1, 0.15) is 50.7 Å². The minimum Gasteiger partial charge on any atom is -0.309 e. The lowest BCUT2D eigenvalue weighted by Crippen LogP contribution is -1.96. The molecule has 2 nitrogen and oxygen atoms in total. The third kappa shape index (κ3) is 4.10. The molecule has 198 valence electrons. The van der Waals surface area contributed by atoms with Gasteiger partial charge in [-0.1, -0.05) is 87.4 Å². The van der Waals surface area contributed by atoms with Gasteiger partial charge < -0.3 is 9.13 Å². The van der Waals surface area contributed by atoms with Crippen LogP contribution in [0.15, 0.2) is 109 Å². The molecule has 0 radical (unpaired) electrons. The zero-order chi connectivity index (χ0) is 27.1. The molecule has 0 fully saturated rings. The monoisotopic (exact) mass is 520 g/mol. The summed E-state index contributed by atoms with van der Waals surface area (Å²) < 4.78 is 4.89. The topological polar surface area (TPSA) is 9.86 Å². The molecule has 0 aliphatic heterocycles. The molecule has 40 heavy (non-hydrogen) atoms. The first-order valence-corrected chi connectivity index (χ1v) is 14.9. The van der Waals surface area contributed by atoms with E-state index in [1.807, 2.05) is 0 Å². The van der Waals surface area contributed by atoms with Gasteiger partial charge in [0, 0.05) is 32.9 Å². The molecule has 5 aromatic carbocycles. The largest absolute Gasteiger partial charge is 0.309 e. The van der Waals surface area contributed by atoms with Gasteiger partial charge >= 0.3 is 0 Å². The first-order valence-electron chi connectivity index (χ1n) is 14.9. The van der Waals surface area contributed by atoms with Crippen molar-refractivity contribution in [3.8, 4) is 11.4 Å². The van der Waals surface area contributed by atoms with Gasteiger partial charge in [0.1, 0.15) is 0 Å². The van der Waals surface area contributed by atoms with Gasteiger partial charge in [0.05, 0.1) is 22.1 Å². The minimum absolute atomic E-state index is 1.14. The van der Waals surface area contributed by atoms with Crippen LogP contribution in [-0.4, -0.2) is 9.13 Å². The summed E-state index contributed by atoms with van der Waals surface area (Å²) in [6.07, 6.45) is 7.20. The molecule has 0 aliphatic carbocycles. The summed E-state index contributed by atoms with van der Waals surface area (Å²) in [4.78, 5) is 0. The maximum Gasteiger partial charge on any atom is 0.0548 e. The molecule has 0 bridgehead atoms. The second kappa shape index (κ2) is 10.4. The van der Waals surface area contributed by atoms with Crippen LogP contribution in [-0.2, 0) is 12.8 Å². The molecule has 0 N–H and O–H groups in total. The quantitative estimate of drug-likeness (QED) is 0.189. The van der Waals surface area contributed by atoms with E-state index >= 15 is 0 Å². The van der Waals surface area contributed by atoms with Gasteiger partial charge in [0.2, 0.25) is 0 Å². The number of nitrogens with zero attached hydrogens (tertiary/aromatic N) is 2. The van der Waals surface area contributed by atoms with Gasteiger partial charge in [-0.3, -0.25) is 0 Å². The molecule has 2 aromatic heterocycles. The molecule has 0 saturated heterocycles. The number of hydrogen-bond donors (Lipinski definition) is 0. The molecule has 7 aromatic rings. The molecule has 0 aliphatic rings. The fourth-order valence-electron chi connectivity index (χ4n) is 6.37. The second-order valence-electron chi connectivity index (χ2n) is 11.1. The Morgan fingerprint density at radius 3 is 1.23 bits per heavy atom. The van der Waals surface area contributed by atoms with Crippen LogP contribution in [0.4, 0.5) is 0 Å². The van der Waals surface area contributed by atoms with E-state index in [-0.39, 0.29) is 0 Å². The van der Waals surface area contributed by atoms with Crippen molar-refractivity contribution in [3.05, 3.63) is 120 Å². The molecule has 0 atom stereocenters. The van der Waals surface area contributed by atoms with Crippen LogP contribution in [0.3, 0.4) is 0 Å². The van der Waals surface area contributed by atoms with E-state index in [0.29, 0.717) is 0 Å². The van der Waals surface area contributed by atoms with E-state index in [1.165, 1.54) is 91.8 Å². The second-order valence-corrected chi connectivity index (χ2v) is 11.1. The van der Waals surface area contributed by atoms with Crippen LogP contribution >= 0.6 is 0 Å². The van der Waals surface area contributed by atoms with E-state index in [9.17, 15) is 0 Å². The molecule has 0 unspecified atom stereocenters. The fraction of sp³-hybridized carbons (Fsp3) is 0.211. The maximum atomic E-state index is 2.45. The molecule has 0 spiro atoms. The van der Waals surface area contributed by atoms with Gasteiger partial charge in [-0.15, -0.1) is 0 Å². The van der Waals surface area contributed by atoms with Gasteiger partial charge in [0.15, 0.2) is 0 Å². The number of benzene rings is 5. The van der Waals surface area contributed by atoms with Gasteiger partial charge in [-0.05, 0) is 85.3 Å². The van der Waals surface area contributed by atoms with E-state index in [4.69, 9.17) is 0 Å². The number of fused-ring (bicyclic) bond motifs is 6. The Bertz CT molecular complexity index is 1800. The highest BCUT2D eigenvalue weighted by Crippen LogP contribution is 2.39. The third-order valence-electron chi connectivity index (χ3n) is 8.49. The van der Waals surface area contributed by atoms with Crippen molar-refractivity contribution in [1.29, 1.82) is 0 Å². The number of aromatic nitrogens is 2. The summed E-state index contributed by atoms with van der Waals surface area (Å²) in [5.74, 6) is 0. The highest BCUT2D eigenvalue weighted by atomic mass is 15.0. The lowest BCUT2D eigenvalue weighted by atomic mass is 10.1. The van der Waals surface area contributed by atoms with Crippen LogP contribution in [0, 0.1) is 0 Å². The number of unbranched alkanes of at least 4 members (excludes halogenated alkanes) is 2. The van der Waals surface area contributed by atoms with Crippen LogP contribution in [0.2, 0.25) is 0 Å². The predicted octanol–water partition coefficient (Wildman–Crippen LogP) is 10.6. The normalized spacial score (nSPS) is 11.8. The lowest BCUT2D eigenvalue weighted by molar-refractivity contribution is 0.795. The first kappa shape index (κ1) is 24.7. The molecule has 0 amide bonds. The summed E-state index contributed by atoms with van der Waals surface area (Å²) in [6.45, 7) is 4.51. The minimum atomic E-state index is 1.14. The molecule has 7 rings (SSSR count). The average molecular weight is 521 g/mol. The third-order valence-corrected chi connectivity index (χ3v) is 8.49. The van der Waals surface area contributed by atoms with Gasteiger partial charge in [-0.2, -0.15) is 0 Å². The Morgan fingerprint density at radius 1 is 0.425 bits per heavy atom. The van der Waals surface area contributed by atoms with Crippen molar-refractivity contribution >= 4 is 43.6 Å². The molecule has 2 heteroatoms. The van der Waals surface area contributed by atoms with Crippen LogP contribution < -0.4 is 0 Å². The van der Waals surface area contributed by atoms with Gasteiger partial charge in [0.25, 0.3) is 0 Å². The van der Waals surface area contributed by atoms with Crippen molar-refractivity contribution in [1.82, 2.24) is 9.13 Å². The first-order chi connectivity index (χ1) is 19.8.